The van der Waals surface area contributed by atoms with Crippen molar-refractivity contribution >= 4 is 57.4 Å². The molecule has 33 heavy (non-hydrogen) atoms. The van der Waals surface area contributed by atoms with Gasteiger partial charge in [0.1, 0.15) is 0 Å². The molecule has 0 radical (unpaired) electrons. The lowest BCUT2D eigenvalue weighted by atomic mass is 10.2. The molecule has 2 heterocycles. The van der Waals surface area contributed by atoms with Crippen molar-refractivity contribution in [2.45, 2.75) is 11.7 Å². The third-order valence-electron chi connectivity index (χ3n) is 5.25. The van der Waals surface area contributed by atoms with Crippen molar-refractivity contribution < 1.29 is 4.79 Å². The number of benzene rings is 3. The van der Waals surface area contributed by atoms with E-state index in [2.05, 4.69) is 20.1 Å². The quantitative estimate of drug-likeness (QED) is 0.187. The summed E-state index contributed by atoms with van der Waals surface area (Å²) in [7, 11) is 0. The highest BCUT2D eigenvalue weighted by molar-refractivity contribution is 7.99. The van der Waals surface area contributed by atoms with Crippen LogP contribution >= 0.6 is 23.4 Å². The second-order valence-electron chi connectivity index (χ2n) is 7.43. The predicted octanol–water partition coefficient (Wildman–Crippen LogP) is 5.46. The zero-order valence-electron chi connectivity index (χ0n) is 17.5. The number of para-hydroxylation sites is 3. The van der Waals surface area contributed by atoms with E-state index in [9.17, 15) is 4.79 Å². The highest BCUT2D eigenvalue weighted by Gasteiger charge is 2.14. The van der Waals surface area contributed by atoms with Gasteiger partial charge in [-0.15, -0.1) is 0 Å². The summed E-state index contributed by atoms with van der Waals surface area (Å²) in [5.41, 5.74) is 7.42. The van der Waals surface area contributed by atoms with E-state index in [0.29, 0.717) is 11.6 Å². The van der Waals surface area contributed by atoms with E-state index in [4.69, 9.17) is 16.6 Å². The third kappa shape index (κ3) is 4.65. The number of carbonyl (C=O) groups excluding carboxylic acids is 1. The Morgan fingerprint density at radius 1 is 1.09 bits per heavy atom. The van der Waals surface area contributed by atoms with E-state index in [1.54, 1.807) is 6.21 Å². The molecule has 164 valence electrons. The molecule has 0 atom stereocenters. The Morgan fingerprint density at radius 2 is 1.88 bits per heavy atom. The maximum absolute atomic E-state index is 12.4. The molecular formula is C25H20ClN5OS. The molecule has 6 nitrogen and oxygen atoms in total. The number of amides is 1. The summed E-state index contributed by atoms with van der Waals surface area (Å²) in [5, 5.41) is 6.63. The Bertz CT molecular complexity index is 1470. The summed E-state index contributed by atoms with van der Waals surface area (Å²) in [6.07, 6.45) is 3.51. The lowest BCUT2D eigenvalue weighted by molar-refractivity contribution is -0.118. The second-order valence-corrected chi connectivity index (χ2v) is 8.78. The van der Waals surface area contributed by atoms with Gasteiger partial charge < -0.3 is 9.55 Å². The topological polar surface area (TPSA) is 75.1 Å². The molecule has 0 saturated carbocycles. The van der Waals surface area contributed by atoms with Crippen LogP contribution in [0.3, 0.4) is 0 Å². The third-order valence-corrected chi connectivity index (χ3v) is 6.60. The first-order chi connectivity index (χ1) is 16.2. The summed E-state index contributed by atoms with van der Waals surface area (Å²) in [6.45, 7) is 0.572. The first kappa shape index (κ1) is 21.3. The van der Waals surface area contributed by atoms with Gasteiger partial charge in [-0.2, -0.15) is 5.10 Å². The van der Waals surface area contributed by atoms with Crippen LogP contribution in [0.1, 0.15) is 11.1 Å². The van der Waals surface area contributed by atoms with Gasteiger partial charge in [-0.05, 0) is 29.8 Å². The molecule has 0 aliphatic heterocycles. The molecule has 8 heteroatoms. The molecule has 3 aromatic carbocycles. The lowest BCUT2D eigenvalue weighted by Gasteiger charge is -2.10. The smallest absolute Gasteiger partial charge is 0.250 e. The highest BCUT2D eigenvalue weighted by atomic mass is 35.5. The van der Waals surface area contributed by atoms with Gasteiger partial charge >= 0.3 is 0 Å². The number of nitrogens with zero attached hydrogens (tertiary/aromatic N) is 3. The molecule has 0 aliphatic rings. The summed E-state index contributed by atoms with van der Waals surface area (Å²) < 4.78 is 2.09. The number of aromatic nitrogens is 3. The number of thioether (sulfide) groups is 1. The fraction of sp³-hybridized carbons (Fsp3) is 0.0800. The van der Waals surface area contributed by atoms with Crippen LogP contribution in [0.2, 0.25) is 5.02 Å². The van der Waals surface area contributed by atoms with Gasteiger partial charge in [0.15, 0.2) is 5.16 Å². The summed E-state index contributed by atoms with van der Waals surface area (Å²) in [5.74, 6) is -0.00991. The molecule has 2 N–H and O–H groups in total. The normalized spacial score (nSPS) is 11.5. The molecule has 0 spiro atoms. The molecule has 0 saturated heterocycles. The van der Waals surface area contributed by atoms with Gasteiger partial charge in [0.05, 0.1) is 29.5 Å². The Balaban J connectivity index is 1.29. The Morgan fingerprint density at radius 3 is 2.79 bits per heavy atom. The van der Waals surface area contributed by atoms with Crippen LogP contribution in [0.5, 0.6) is 0 Å². The molecule has 0 fully saturated rings. The molecule has 5 aromatic rings. The summed E-state index contributed by atoms with van der Waals surface area (Å²) in [4.78, 5) is 20.3. The van der Waals surface area contributed by atoms with Gasteiger partial charge in [0.25, 0.3) is 5.91 Å². The number of imidazole rings is 1. The Kier molecular flexibility index (Phi) is 6.15. The number of carbonyl (C=O) groups is 1. The van der Waals surface area contributed by atoms with Crippen LogP contribution in [0.4, 0.5) is 0 Å². The minimum atomic E-state index is -0.201. The molecule has 0 unspecified atom stereocenters. The fourth-order valence-corrected chi connectivity index (χ4v) is 4.65. The minimum Gasteiger partial charge on any atom is -0.361 e. The number of hydrogen-bond donors (Lipinski definition) is 2. The number of rotatable bonds is 7. The van der Waals surface area contributed by atoms with Gasteiger partial charge in [0, 0.05) is 27.7 Å². The van der Waals surface area contributed by atoms with E-state index in [1.807, 2.05) is 79.0 Å². The van der Waals surface area contributed by atoms with E-state index < -0.39 is 0 Å². The number of aromatic amines is 1. The van der Waals surface area contributed by atoms with E-state index in [1.165, 1.54) is 11.8 Å². The lowest BCUT2D eigenvalue weighted by Crippen LogP contribution is -2.20. The van der Waals surface area contributed by atoms with E-state index in [0.717, 1.165) is 38.2 Å². The van der Waals surface area contributed by atoms with Crippen molar-refractivity contribution in [3.63, 3.8) is 0 Å². The predicted molar refractivity (Wildman–Crippen MR) is 135 cm³/mol. The number of hydrazone groups is 1. The summed E-state index contributed by atoms with van der Waals surface area (Å²) in [6, 6.07) is 23.6. The second kappa shape index (κ2) is 9.52. The van der Waals surface area contributed by atoms with Crippen molar-refractivity contribution in [2.24, 2.45) is 5.10 Å². The molecule has 2 aromatic heterocycles. The fourth-order valence-electron chi connectivity index (χ4n) is 3.65. The van der Waals surface area contributed by atoms with Crippen LogP contribution < -0.4 is 5.43 Å². The largest absolute Gasteiger partial charge is 0.361 e. The average Bonchev–Trinajstić information content (AvgIpc) is 3.41. The Hall–Kier alpha value is -3.55. The summed E-state index contributed by atoms with van der Waals surface area (Å²) >= 11 is 7.76. The van der Waals surface area contributed by atoms with Crippen LogP contribution in [0.25, 0.3) is 21.9 Å². The molecule has 5 rings (SSSR count). The van der Waals surface area contributed by atoms with Crippen molar-refractivity contribution in [2.75, 3.05) is 5.75 Å². The minimum absolute atomic E-state index is 0.192. The van der Waals surface area contributed by atoms with Crippen LogP contribution in [-0.2, 0) is 11.3 Å². The molecule has 1 amide bonds. The van der Waals surface area contributed by atoms with Gasteiger partial charge in [-0.25, -0.2) is 10.4 Å². The number of H-pyrrole nitrogens is 1. The standard InChI is InChI=1S/C25H20ClN5OS/c26-20-9-3-1-7-17(20)15-31-23-12-6-5-11-22(23)29-25(31)33-16-24(32)30-28-14-18-13-27-21-10-4-2-8-19(18)21/h1-14,27H,15-16H2,(H,30,32). The van der Waals surface area contributed by atoms with Gasteiger partial charge in [-0.1, -0.05) is 71.9 Å². The molecular weight excluding hydrogens is 454 g/mol. The first-order valence-corrected chi connectivity index (χ1v) is 11.7. The average molecular weight is 474 g/mol. The number of halogens is 1. The van der Waals surface area contributed by atoms with Crippen molar-refractivity contribution in [3.05, 3.63) is 95.1 Å². The van der Waals surface area contributed by atoms with Gasteiger partial charge in [0.2, 0.25) is 0 Å². The number of hydrogen-bond acceptors (Lipinski definition) is 4. The van der Waals surface area contributed by atoms with Crippen LogP contribution in [-0.4, -0.2) is 32.4 Å². The zero-order valence-corrected chi connectivity index (χ0v) is 19.1. The SMILES string of the molecule is O=C(CSc1nc2ccccc2n1Cc1ccccc1Cl)NN=Cc1c[nH]c2ccccc12. The van der Waals surface area contributed by atoms with E-state index >= 15 is 0 Å². The molecule has 0 aliphatic carbocycles. The van der Waals surface area contributed by atoms with Gasteiger partial charge in [-0.3, -0.25) is 4.79 Å². The van der Waals surface area contributed by atoms with Crippen LogP contribution in [0.15, 0.2) is 89.3 Å². The van der Waals surface area contributed by atoms with Crippen molar-refractivity contribution in [1.29, 1.82) is 0 Å². The first-order valence-electron chi connectivity index (χ1n) is 10.4. The van der Waals surface area contributed by atoms with Crippen molar-refractivity contribution in [1.82, 2.24) is 20.0 Å². The molecule has 0 bridgehead atoms. The highest BCUT2D eigenvalue weighted by Crippen LogP contribution is 2.27. The maximum Gasteiger partial charge on any atom is 0.250 e. The number of fused-ring (bicyclic) bond motifs is 2. The monoisotopic (exact) mass is 473 g/mol. The maximum atomic E-state index is 12.4. The van der Waals surface area contributed by atoms with Crippen molar-refractivity contribution in [3.8, 4) is 0 Å². The van der Waals surface area contributed by atoms with E-state index in [-0.39, 0.29) is 11.7 Å². The number of nitrogens with one attached hydrogen (secondary N) is 2. The Labute approximate surface area is 199 Å². The zero-order chi connectivity index (χ0) is 22.6. The van der Waals surface area contributed by atoms with Crippen LogP contribution in [0, 0.1) is 0 Å².